The van der Waals surface area contributed by atoms with Crippen LogP contribution in [0.2, 0.25) is 0 Å². The first-order valence-corrected chi connectivity index (χ1v) is 7.79. The van der Waals surface area contributed by atoms with Gasteiger partial charge in [0.05, 0.1) is 11.9 Å². The number of benzene rings is 3. The van der Waals surface area contributed by atoms with Gasteiger partial charge in [0.2, 0.25) is 0 Å². The zero-order valence-electron chi connectivity index (χ0n) is 15.6. The van der Waals surface area contributed by atoms with E-state index in [0.29, 0.717) is 11.4 Å². The number of carboxylic acids is 2. The molecule has 0 fully saturated rings. The van der Waals surface area contributed by atoms with Gasteiger partial charge in [-0.05, 0) is 36.4 Å². The molecular weight excluding hydrogens is 378 g/mol. The fourth-order valence-electron chi connectivity index (χ4n) is 2.50. The molecule has 0 saturated carbocycles. The molecule has 0 atom stereocenters. The van der Waals surface area contributed by atoms with Crippen LogP contribution in [0.25, 0.3) is 0 Å². The normalized spacial score (nSPS) is 9.43. The molecule has 3 aromatic rings. The molecule has 0 aliphatic carbocycles. The summed E-state index contributed by atoms with van der Waals surface area (Å²) in [5.41, 5.74) is 1.10. The van der Waals surface area contributed by atoms with Gasteiger partial charge in [0.25, 0.3) is 0 Å². The van der Waals surface area contributed by atoms with Crippen molar-refractivity contribution in [3.05, 3.63) is 83.9 Å². The van der Waals surface area contributed by atoms with E-state index in [4.69, 9.17) is 0 Å². The molecule has 0 aliphatic rings. The maximum Gasteiger partial charge on any atom is 1.00 e. The number of anilines is 4. The predicted molar refractivity (Wildman–Crippen MR) is 94.6 cm³/mol. The van der Waals surface area contributed by atoms with Crippen molar-refractivity contribution in [3.8, 4) is 0 Å². The van der Waals surface area contributed by atoms with Crippen molar-refractivity contribution in [1.29, 1.82) is 0 Å². The molecule has 0 saturated heterocycles. The molecule has 28 heavy (non-hydrogen) atoms. The SMILES string of the molecule is O=C([O-])c1cc(Nc2ccccc2)c(C(=O)[O-])cc1Nc1ccccc1.[Na+].[Na+]. The van der Waals surface area contributed by atoms with Crippen LogP contribution in [-0.4, -0.2) is 11.9 Å². The van der Waals surface area contributed by atoms with Gasteiger partial charge in [0, 0.05) is 33.9 Å². The molecule has 3 rings (SSSR count). The summed E-state index contributed by atoms with van der Waals surface area (Å²) in [5, 5.41) is 28.9. The van der Waals surface area contributed by atoms with Crippen LogP contribution < -0.4 is 80.0 Å². The quantitative estimate of drug-likeness (QED) is 0.414. The monoisotopic (exact) mass is 392 g/mol. The Bertz CT molecular complexity index is 872. The van der Waals surface area contributed by atoms with Crippen LogP contribution in [0, 0.1) is 0 Å². The van der Waals surface area contributed by atoms with Crippen LogP contribution in [0.15, 0.2) is 72.8 Å². The third kappa shape index (κ3) is 6.10. The van der Waals surface area contributed by atoms with E-state index in [1.165, 1.54) is 12.1 Å². The molecule has 0 heterocycles. The second-order valence-corrected chi connectivity index (χ2v) is 5.50. The fraction of sp³-hybridized carbons (Fsp3) is 0. The largest absolute Gasteiger partial charge is 1.00 e. The van der Waals surface area contributed by atoms with Gasteiger partial charge in [-0.1, -0.05) is 36.4 Å². The second-order valence-electron chi connectivity index (χ2n) is 5.50. The molecule has 130 valence electrons. The Morgan fingerprint density at radius 2 is 0.929 bits per heavy atom. The Kier molecular flexibility index (Phi) is 9.75. The minimum absolute atomic E-state index is 0. The number of carbonyl (C=O) groups excluding carboxylic acids is 2. The van der Waals surface area contributed by atoms with E-state index in [-0.39, 0.29) is 81.6 Å². The average Bonchev–Trinajstić information content (AvgIpc) is 2.64. The van der Waals surface area contributed by atoms with Gasteiger partial charge in [0.1, 0.15) is 0 Å². The zero-order chi connectivity index (χ0) is 18.5. The van der Waals surface area contributed by atoms with Crippen molar-refractivity contribution >= 4 is 34.7 Å². The number of carboxylic acid groups (broad SMARTS) is 2. The number of nitrogens with one attached hydrogen (secondary N) is 2. The molecule has 0 spiro atoms. The van der Waals surface area contributed by atoms with Crippen LogP contribution in [0.4, 0.5) is 22.7 Å². The molecule has 2 N–H and O–H groups in total. The van der Waals surface area contributed by atoms with Gasteiger partial charge in [-0.3, -0.25) is 0 Å². The summed E-state index contributed by atoms with van der Waals surface area (Å²) in [4.78, 5) is 23.1. The smallest absolute Gasteiger partial charge is 0.545 e. The number of para-hydroxylation sites is 2. The number of rotatable bonds is 6. The Morgan fingerprint density at radius 3 is 1.21 bits per heavy atom. The molecule has 3 aromatic carbocycles. The summed E-state index contributed by atoms with van der Waals surface area (Å²) in [6.45, 7) is 0. The second kappa shape index (κ2) is 11.3. The van der Waals surface area contributed by atoms with E-state index in [1.54, 1.807) is 48.5 Å². The van der Waals surface area contributed by atoms with Crippen molar-refractivity contribution < 1.29 is 78.9 Å². The minimum Gasteiger partial charge on any atom is -0.545 e. The standard InChI is InChI=1S/C20H16N2O4.2Na/c23-19(24)15-12-18(22-14-9-5-2-6-10-14)16(20(25)26)11-17(15)21-13-7-3-1-4-8-13;;/h1-12,21-22H,(H,23,24)(H,25,26);;/q;2*+1/p-2. The van der Waals surface area contributed by atoms with Crippen LogP contribution in [0.3, 0.4) is 0 Å². The summed E-state index contributed by atoms with van der Waals surface area (Å²) in [7, 11) is 0. The maximum absolute atomic E-state index is 11.6. The van der Waals surface area contributed by atoms with Gasteiger partial charge in [-0.15, -0.1) is 0 Å². The summed E-state index contributed by atoms with van der Waals surface area (Å²) < 4.78 is 0. The Hall–Kier alpha value is -1.80. The van der Waals surface area contributed by atoms with Gasteiger partial charge in [-0.2, -0.15) is 0 Å². The fourth-order valence-corrected chi connectivity index (χ4v) is 2.50. The predicted octanol–water partition coefficient (Wildman–Crippen LogP) is -4.09. The number of hydrogen-bond donors (Lipinski definition) is 2. The minimum atomic E-state index is -1.43. The molecule has 6 nitrogen and oxygen atoms in total. The first kappa shape index (κ1) is 24.2. The average molecular weight is 392 g/mol. The summed E-state index contributed by atoms with van der Waals surface area (Å²) >= 11 is 0. The third-order valence-corrected chi connectivity index (χ3v) is 3.70. The molecule has 0 radical (unpaired) electrons. The Labute approximate surface area is 206 Å². The number of carbonyl (C=O) groups is 2. The molecule has 0 aromatic heterocycles. The number of aromatic carboxylic acids is 2. The van der Waals surface area contributed by atoms with Crippen LogP contribution in [0.1, 0.15) is 20.7 Å². The number of hydrogen-bond acceptors (Lipinski definition) is 6. The third-order valence-electron chi connectivity index (χ3n) is 3.70. The van der Waals surface area contributed by atoms with Crippen molar-refractivity contribution in [2.45, 2.75) is 0 Å². The molecule has 0 amide bonds. The summed E-state index contributed by atoms with van der Waals surface area (Å²) in [6.07, 6.45) is 0. The van der Waals surface area contributed by atoms with Crippen molar-refractivity contribution in [2.24, 2.45) is 0 Å². The van der Waals surface area contributed by atoms with Crippen molar-refractivity contribution in [2.75, 3.05) is 10.6 Å². The van der Waals surface area contributed by atoms with E-state index in [0.717, 1.165) is 0 Å². The zero-order valence-corrected chi connectivity index (χ0v) is 19.6. The molecule has 0 unspecified atom stereocenters. The Balaban J connectivity index is 0.00000196. The van der Waals surface area contributed by atoms with Crippen LogP contribution in [-0.2, 0) is 0 Å². The van der Waals surface area contributed by atoms with Gasteiger partial charge in [0.15, 0.2) is 0 Å². The summed E-state index contributed by atoms with van der Waals surface area (Å²) in [6, 6.07) is 20.1. The summed E-state index contributed by atoms with van der Waals surface area (Å²) in [5.74, 6) is -2.85. The maximum atomic E-state index is 11.6. The van der Waals surface area contributed by atoms with E-state index >= 15 is 0 Å². The van der Waals surface area contributed by atoms with E-state index in [2.05, 4.69) is 10.6 Å². The molecule has 0 aliphatic heterocycles. The van der Waals surface area contributed by atoms with Gasteiger partial charge in [-0.25, -0.2) is 0 Å². The van der Waals surface area contributed by atoms with E-state index < -0.39 is 11.9 Å². The first-order chi connectivity index (χ1) is 12.5. The van der Waals surface area contributed by atoms with Gasteiger partial charge < -0.3 is 30.4 Å². The van der Waals surface area contributed by atoms with Crippen LogP contribution in [0.5, 0.6) is 0 Å². The van der Waals surface area contributed by atoms with E-state index in [9.17, 15) is 19.8 Å². The molecule has 8 heteroatoms. The van der Waals surface area contributed by atoms with Crippen molar-refractivity contribution in [1.82, 2.24) is 0 Å². The van der Waals surface area contributed by atoms with Gasteiger partial charge >= 0.3 is 59.1 Å². The van der Waals surface area contributed by atoms with E-state index in [1.807, 2.05) is 12.1 Å². The first-order valence-electron chi connectivity index (χ1n) is 7.79. The molecular formula is C20H14N2Na2O4. The topological polar surface area (TPSA) is 104 Å². The molecule has 0 bridgehead atoms. The van der Waals surface area contributed by atoms with Crippen LogP contribution >= 0.6 is 0 Å². The van der Waals surface area contributed by atoms with Crippen molar-refractivity contribution in [3.63, 3.8) is 0 Å². The Morgan fingerprint density at radius 1 is 0.607 bits per heavy atom.